The molecule has 1 aliphatic carbocycles. The van der Waals surface area contributed by atoms with Crippen LogP contribution in [0.4, 0.5) is 5.69 Å². The zero-order valence-electron chi connectivity index (χ0n) is 18.9. The summed E-state index contributed by atoms with van der Waals surface area (Å²) in [6.45, 7) is 12.3. The highest BCUT2D eigenvalue weighted by molar-refractivity contribution is 5.92. The molecule has 1 aliphatic heterocycles. The summed E-state index contributed by atoms with van der Waals surface area (Å²) in [5.74, 6) is 1.21. The number of halogens is 1. The van der Waals surface area contributed by atoms with Crippen LogP contribution in [0.1, 0.15) is 58.3 Å². The van der Waals surface area contributed by atoms with E-state index in [0.29, 0.717) is 18.2 Å². The van der Waals surface area contributed by atoms with Gasteiger partial charge in [-0.2, -0.15) is 0 Å². The number of carbonyl (C=O) groups is 1. The van der Waals surface area contributed by atoms with Crippen molar-refractivity contribution >= 4 is 24.0 Å². The van der Waals surface area contributed by atoms with Crippen LogP contribution in [0.2, 0.25) is 0 Å². The van der Waals surface area contributed by atoms with E-state index in [-0.39, 0.29) is 18.3 Å². The van der Waals surface area contributed by atoms with Gasteiger partial charge in [0, 0.05) is 50.0 Å². The quantitative estimate of drug-likeness (QED) is 0.662. The predicted molar refractivity (Wildman–Crippen MR) is 128 cm³/mol. The molecule has 1 N–H and O–H groups in total. The molecule has 0 spiro atoms. The number of piperazine rings is 1. The lowest BCUT2D eigenvalue weighted by atomic mass is 10.1. The molecular weight excluding hydrogens is 410 g/mol. The lowest BCUT2D eigenvalue weighted by Crippen LogP contribution is -2.47. The normalized spacial score (nSPS) is 16.7. The van der Waals surface area contributed by atoms with Gasteiger partial charge in [0.05, 0.1) is 0 Å². The fourth-order valence-electron chi connectivity index (χ4n) is 4.12. The molecule has 1 aromatic heterocycles. The summed E-state index contributed by atoms with van der Waals surface area (Å²) in [4.78, 5) is 26.4. The second-order valence-electron chi connectivity index (χ2n) is 8.68. The van der Waals surface area contributed by atoms with Crippen molar-refractivity contribution in [2.75, 3.05) is 44.2 Å². The molecule has 1 amide bonds. The molecule has 2 aromatic rings. The molecule has 7 heteroatoms. The van der Waals surface area contributed by atoms with Crippen LogP contribution in [0.15, 0.2) is 24.3 Å². The summed E-state index contributed by atoms with van der Waals surface area (Å²) < 4.78 is 0. The molecule has 31 heavy (non-hydrogen) atoms. The average Bonchev–Trinajstić information content (AvgIpc) is 3.59. The van der Waals surface area contributed by atoms with E-state index >= 15 is 0 Å². The van der Waals surface area contributed by atoms with Gasteiger partial charge in [0.1, 0.15) is 11.5 Å². The van der Waals surface area contributed by atoms with Crippen molar-refractivity contribution in [1.82, 2.24) is 20.2 Å². The van der Waals surface area contributed by atoms with E-state index in [1.165, 1.54) is 16.8 Å². The zero-order chi connectivity index (χ0) is 21.1. The Hall–Kier alpha value is -2.18. The third-order valence-electron chi connectivity index (χ3n) is 6.27. The van der Waals surface area contributed by atoms with Gasteiger partial charge in [0.15, 0.2) is 0 Å². The van der Waals surface area contributed by atoms with Gasteiger partial charge in [-0.15, -0.1) is 12.4 Å². The molecule has 1 saturated carbocycles. The first-order valence-corrected chi connectivity index (χ1v) is 11.2. The molecular formula is C24H34ClN5O. The third-order valence-corrected chi connectivity index (χ3v) is 6.27. The Morgan fingerprint density at radius 2 is 1.84 bits per heavy atom. The Bertz CT molecular complexity index is 907. The molecule has 6 nitrogen and oxygen atoms in total. The topological polar surface area (TPSA) is 61.4 Å². The summed E-state index contributed by atoms with van der Waals surface area (Å²) in [7, 11) is 0. The van der Waals surface area contributed by atoms with Crippen molar-refractivity contribution in [3.8, 4) is 0 Å². The Morgan fingerprint density at radius 1 is 1.10 bits per heavy atom. The second-order valence-corrected chi connectivity index (χ2v) is 8.68. The van der Waals surface area contributed by atoms with Crippen LogP contribution < -0.4 is 10.2 Å². The minimum absolute atomic E-state index is 0. The predicted octanol–water partition coefficient (Wildman–Crippen LogP) is 3.64. The first kappa shape index (κ1) is 23.5. The molecule has 4 rings (SSSR count). The molecule has 2 aliphatic rings. The lowest BCUT2D eigenvalue weighted by molar-refractivity contribution is 0.0946. The van der Waals surface area contributed by atoms with Gasteiger partial charge < -0.3 is 10.2 Å². The highest BCUT2D eigenvalue weighted by Gasteiger charge is 2.27. The molecule has 168 valence electrons. The number of anilines is 1. The Balaban J connectivity index is 0.00000272. The van der Waals surface area contributed by atoms with Crippen LogP contribution in [-0.2, 0) is 0 Å². The number of nitrogens with zero attached hydrogens (tertiary/aromatic N) is 4. The minimum atomic E-state index is -0.0814. The van der Waals surface area contributed by atoms with Crippen molar-refractivity contribution in [1.29, 1.82) is 0 Å². The molecule has 0 atom stereocenters. The van der Waals surface area contributed by atoms with E-state index in [4.69, 9.17) is 0 Å². The van der Waals surface area contributed by atoms with E-state index in [9.17, 15) is 4.79 Å². The van der Waals surface area contributed by atoms with E-state index in [2.05, 4.69) is 57.1 Å². The molecule has 2 fully saturated rings. The van der Waals surface area contributed by atoms with Gasteiger partial charge in [-0.3, -0.25) is 9.69 Å². The lowest BCUT2D eigenvalue weighted by Gasteiger charge is -2.37. The number of nitrogens with one attached hydrogen (secondary N) is 1. The van der Waals surface area contributed by atoms with Crippen LogP contribution >= 0.6 is 12.4 Å². The number of hydrogen-bond acceptors (Lipinski definition) is 5. The van der Waals surface area contributed by atoms with Crippen molar-refractivity contribution in [3.05, 3.63) is 52.6 Å². The van der Waals surface area contributed by atoms with Crippen molar-refractivity contribution in [2.45, 2.75) is 46.0 Å². The number of benzene rings is 1. The van der Waals surface area contributed by atoms with Crippen molar-refractivity contribution < 1.29 is 4.79 Å². The summed E-state index contributed by atoms with van der Waals surface area (Å²) in [5.41, 5.74) is 5.49. The fraction of sp³-hybridized carbons (Fsp3) is 0.542. The standard InChI is InChI=1S/C24H33N5O.ClH/c1-17-6-4-7-22(19(17)3)29-14-12-28(13-15-29)11-5-10-25-24(30)21-16-18(2)26-23(27-21)20-8-9-20;/h4,6-7,16,20H,5,8-15H2,1-3H3,(H,25,30);1H. The first-order valence-electron chi connectivity index (χ1n) is 11.2. The third kappa shape index (κ3) is 5.95. The highest BCUT2D eigenvalue weighted by Crippen LogP contribution is 2.38. The molecule has 2 heterocycles. The van der Waals surface area contributed by atoms with E-state index in [0.717, 1.165) is 63.5 Å². The van der Waals surface area contributed by atoms with Crippen LogP contribution in [0, 0.1) is 20.8 Å². The molecule has 1 saturated heterocycles. The Kier molecular flexibility index (Phi) is 7.89. The number of rotatable bonds is 7. The smallest absolute Gasteiger partial charge is 0.270 e. The maximum Gasteiger partial charge on any atom is 0.270 e. The molecule has 0 unspecified atom stereocenters. The minimum Gasteiger partial charge on any atom is -0.369 e. The maximum absolute atomic E-state index is 12.5. The van der Waals surface area contributed by atoms with Gasteiger partial charge in [-0.1, -0.05) is 12.1 Å². The van der Waals surface area contributed by atoms with Gasteiger partial charge in [-0.05, 0) is 69.8 Å². The summed E-state index contributed by atoms with van der Waals surface area (Å²) in [6.07, 6.45) is 3.23. The van der Waals surface area contributed by atoms with Gasteiger partial charge in [0.2, 0.25) is 0 Å². The summed E-state index contributed by atoms with van der Waals surface area (Å²) in [6, 6.07) is 8.35. The molecule has 0 radical (unpaired) electrons. The fourth-order valence-corrected chi connectivity index (χ4v) is 4.12. The first-order chi connectivity index (χ1) is 14.5. The number of hydrogen-bond donors (Lipinski definition) is 1. The monoisotopic (exact) mass is 443 g/mol. The average molecular weight is 444 g/mol. The second kappa shape index (κ2) is 10.4. The highest BCUT2D eigenvalue weighted by atomic mass is 35.5. The largest absolute Gasteiger partial charge is 0.369 e. The van der Waals surface area contributed by atoms with Crippen LogP contribution in [0.3, 0.4) is 0 Å². The zero-order valence-corrected chi connectivity index (χ0v) is 19.7. The van der Waals surface area contributed by atoms with Crippen molar-refractivity contribution in [2.24, 2.45) is 0 Å². The van der Waals surface area contributed by atoms with Gasteiger partial charge >= 0.3 is 0 Å². The van der Waals surface area contributed by atoms with Gasteiger partial charge in [-0.25, -0.2) is 9.97 Å². The SMILES string of the molecule is Cc1cc(C(=O)NCCCN2CCN(c3cccc(C)c3C)CC2)nc(C2CC2)n1.Cl. The van der Waals surface area contributed by atoms with E-state index < -0.39 is 0 Å². The molecule has 0 bridgehead atoms. The number of aromatic nitrogens is 2. The Morgan fingerprint density at radius 3 is 2.55 bits per heavy atom. The Labute approximate surface area is 191 Å². The maximum atomic E-state index is 12.5. The van der Waals surface area contributed by atoms with Crippen LogP contribution in [-0.4, -0.2) is 60.0 Å². The summed E-state index contributed by atoms with van der Waals surface area (Å²) in [5, 5.41) is 3.03. The van der Waals surface area contributed by atoms with Crippen molar-refractivity contribution in [3.63, 3.8) is 0 Å². The number of amides is 1. The number of aryl methyl sites for hydroxylation is 2. The number of carbonyl (C=O) groups excluding carboxylic acids is 1. The van der Waals surface area contributed by atoms with E-state index in [1.54, 1.807) is 6.07 Å². The molecule has 1 aromatic carbocycles. The van der Waals surface area contributed by atoms with Crippen LogP contribution in [0.25, 0.3) is 0 Å². The van der Waals surface area contributed by atoms with Crippen LogP contribution in [0.5, 0.6) is 0 Å². The summed E-state index contributed by atoms with van der Waals surface area (Å²) >= 11 is 0. The van der Waals surface area contributed by atoms with E-state index in [1.807, 2.05) is 6.92 Å². The van der Waals surface area contributed by atoms with Gasteiger partial charge in [0.25, 0.3) is 5.91 Å².